The van der Waals surface area contributed by atoms with Gasteiger partial charge in [0.25, 0.3) is 0 Å². The molecule has 0 saturated heterocycles. The van der Waals surface area contributed by atoms with Crippen molar-refractivity contribution in [3.8, 4) is 5.75 Å². The first-order chi connectivity index (χ1) is 10.5. The van der Waals surface area contributed by atoms with Crippen LogP contribution in [0.25, 0.3) is 0 Å². The van der Waals surface area contributed by atoms with E-state index in [0.717, 1.165) is 16.6 Å². The van der Waals surface area contributed by atoms with Crippen molar-refractivity contribution in [2.24, 2.45) is 5.92 Å². The van der Waals surface area contributed by atoms with Crippen LogP contribution >= 0.6 is 15.9 Å². The summed E-state index contributed by atoms with van der Waals surface area (Å²) in [5.41, 5.74) is -1.01. The van der Waals surface area contributed by atoms with Gasteiger partial charge < -0.3 is 14.8 Å². The Morgan fingerprint density at radius 1 is 1.17 bits per heavy atom. The van der Waals surface area contributed by atoms with Gasteiger partial charge in [-0.15, -0.1) is 0 Å². The van der Waals surface area contributed by atoms with Crippen molar-refractivity contribution in [3.63, 3.8) is 0 Å². The molecule has 0 bridgehead atoms. The highest BCUT2D eigenvalue weighted by Gasteiger charge is 2.30. The molecule has 1 atom stereocenters. The number of carbonyl (C=O) groups is 1. The van der Waals surface area contributed by atoms with Gasteiger partial charge in [0.2, 0.25) is 0 Å². The molecule has 1 aromatic rings. The fourth-order valence-electron chi connectivity index (χ4n) is 2.37. The second kappa shape index (κ2) is 8.04. The number of carbonyl (C=O) groups excluding carboxylic acids is 1. The molecule has 1 rings (SSSR count). The van der Waals surface area contributed by atoms with Gasteiger partial charge in [-0.05, 0) is 64.3 Å². The number of amides is 1. The minimum atomic E-state index is -0.518. The van der Waals surface area contributed by atoms with E-state index >= 15 is 0 Å². The van der Waals surface area contributed by atoms with E-state index in [9.17, 15) is 4.79 Å². The number of rotatable bonds is 6. The predicted molar refractivity (Wildman–Crippen MR) is 96.9 cm³/mol. The predicted octanol–water partition coefficient (Wildman–Crippen LogP) is 5.16. The Kier molecular flexibility index (Phi) is 6.93. The molecular weight excluding hydrogens is 358 g/mol. The van der Waals surface area contributed by atoms with Crippen molar-refractivity contribution in [3.05, 3.63) is 28.7 Å². The summed E-state index contributed by atoms with van der Waals surface area (Å²) in [5.74, 6) is 1.19. The lowest BCUT2D eigenvalue weighted by Gasteiger charge is -2.33. The van der Waals surface area contributed by atoms with Crippen molar-refractivity contribution in [2.75, 3.05) is 6.61 Å². The van der Waals surface area contributed by atoms with Crippen LogP contribution in [-0.4, -0.2) is 23.8 Å². The van der Waals surface area contributed by atoms with E-state index in [4.69, 9.17) is 9.47 Å². The molecule has 4 nitrogen and oxygen atoms in total. The van der Waals surface area contributed by atoms with Crippen molar-refractivity contribution in [2.45, 2.75) is 59.1 Å². The molecule has 1 N–H and O–H groups in total. The molecule has 5 heteroatoms. The van der Waals surface area contributed by atoms with Crippen molar-refractivity contribution < 1.29 is 14.3 Å². The number of hydrogen-bond donors (Lipinski definition) is 1. The average Bonchev–Trinajstić information content (AvgIpc) is 2.34. The molecule has 0 aliphatic carbocycles. The summed E-state index contributed by atoms with van der Waals surface area (Å²) < 4.78 is 12.2. The van der Waals surface area contributed by atoms with Gasteiger partial charge in [0.05, 0.1) is 5.54 Å². The van der Waals surface area contributed by atoms with Crippen LogP contribution in [0.3, 0.4) is 0 Å². The van der Waals surface area contributed by atoms with Gasteiger partial charge in [-0.25, -0.2) is 4.79 Å². The molecule has 0 saturated carbocycles. The Morgan fingerprint density at radius 3 is 2.22 bits per heavy atom. The van der Waals surface area contributed by atoms with Crippen LogP contribution in [0.2, 0.25) is 0 Å². The van der Waals surface area contributed by atoms with Gasteiger partial charge in [0.15, 0.2) is 0 Å². The zero-order valence-corrected chi connectivity index (χ0v) is 16.5. The Morgan fingerprint density at radius 2 is 1.74 bits per heavy atom. The molecule has 0 radical (unpaired) electrons. The lowest BCUT2D eigenvalue weighted by atomic mass is 9.91. The lowest BCUT2D eigenvalue weighted by Crippen LogP contribution is -2.52. The number of benzene rings is 1. The highest BCUT2D eigenvalue weighted by Crippen LogP contribution is 2.22. The van der Waals surface area contributed by atoms with E-state index in [1.54, 1.807) is 0 Å². The SMILES string of the molecule is CC(C)C[C@@](C)(COc1ccc(Br)cc1)NC(=O)OC(C)(C)C. The third-order valence-electron chi connectivity index (χ3n) is 3.03. The average molecular weight is 386 g/mol. The van der Waals surface area contributed by atoms with Crippen LogP contribution in [0.5, 0.6) is 5.75 Å². The van der Waals surface area contributed by atoms with Crippen LogP contribution in [0, 0.1) is 5.92 Å². The molecule has 0 aliphatic heterocycles. The molecule has 0 aromatic heterocycles. The van der Waals surface area contributed by atoms with Crippen molar-refractivity contribution in [1.29, 1.82) is 0 Å². The topological polar surface area (TPSA) is 47.6 Å². The third kappa shape index (κ3) is 8.26. The second-order valence-corrected chi connectivity index (χ2v) is 8.44. The quantitative estimate of drug-likeness (QED) is 0.735. The van der Waals surface area contributed by atoms with Crippen molar-refractivity contribution >= 4 is 22.0 Å². The van der Waals surface area contributed by atoms with E-state index in [1.165, 1.54) is 0 Å². The number of halogens is 1. The molecule has 130 valence electrons. The Balaban J connectivity index is 2.72. The molecule has 0 unspecified atom stereocenters. The summed E-state index contributed by atoms with van der Waals surface area (Å²) in [7, 11) is 0. The van der Waals surface area contributed by atoms with Crippen LogP contribution in [0.1, 0.15) is 48.0 Å². The maximum atomic E-state index is 12.1. The fraction of sp³-hybridized carbons (Fsp3) is 0.611. The molecule has 23 heavy (non-hydrogen) atoms. The normalized spacial score (nSPS) is 14.3. The summed E-state index contributed by atoms with van der Waals surface area (Å²) in [5, 5.41) is 2.97. The van der Waals surface area contributed by atoms with Crippen molar-refractivity contribution in [1.82, 2.24) is 5.32 Å². The number of alkyl carbamates (subject to hydrolysis) is 1. The second-order valence-electron chi connectivity index (χ2n) is 7.53. The van der Waals surface area contributed by atoms with Gasteiger partial charge in [-0.3, -0.25) is 0 Å². The first kappa shape index (κ1) is 19.8. The smallest absolute Gasteiger partial charge is 0.408 e. The van der Waals surface area contributed by atoms with E-state index < -0.39 is 17.2 Å². The monoisotopic (exact) mass is 385 g/mol. The largest absolute Gasteiger partial charge is 0.491 e. The first-order valence-electron chi connectivity index (χ1n) is 7.89. The standard InChI is InChI=1S/C18H28BrNO3/c1-13(2)11-18(6,20-16(21)23-17(3,4)5)12-22-15-9-7-14(19)8-10-15/h7-10,13H,11-12H2,1-6H3,(H,20,21)/t18-/m0/s1. The highest BCUT2D eigenvalue weighted by molar-refractivity contribution is 9.10. The molecular formula is C18H28BrNO3. The fourth-order valence-corrected chi connectivity index (χ4v) is 2.63. The van der Waals surface area contributed by atoms with Crippen LogP contribution in [-0.2, 0) is 4.74 Å². The Bertz CT molecular complexity index is 508. The molecule has 0 fully saturated rings. The van der Waals surface area contributed by atoms with E-state index in [1.807, 2.05) is 52.0 Å². The van der Waals surface area contributed by atoms with Crippen LogP contribution in [0.15, 0.2) is 28.7 Å². The lowest BCUT2D eigenvalue weighted by molar-refractivity contribution is 0.0408. The Labute approximate surface area is 148 Å². The van der Waals surface area contributed by atoms with Crippen LogP contribution in [0.4, 0.5) is 4.79 Å². The third-order valence-corrected chi connectivity index (χ3v) is 3.56. The van der Waals surface area contributed by atoms with E-state index in [0.29, 0.717) is 12.5 Å². The molecule has 1 aromatic carbocycles. The molecule has 1 amide bonds. The zero-order chi connectivity index (χ0) is 17.7. The summed E-state index contributed by atoms with van der Waals surface area (Å²) in [6, 6.07) is 7.65. The van der Waals surface area contributed by atoms with Gasteiger partial charge in [0, 0.05) is 4.47 Å². The summed E-state index contributed by atoms with van der Waals surface area (Å²) in [4.78, 5) is 12.1. The highest BCUT2D eigenvalue weighted by atomic mass is 79.9. The summed E-state index contributed by atoms with van der Waals surface area (Å²) in [6.45, 7) is 12.2. The van der Waals surface area contributed by atoms with Gasteiger partial charge >= 0.3 is 6.09 Å². The maximum Gasteiger partial charge on any atom is 0.408 e. The zero-order valence-electron chi connectivity index (χ0n) is 14.9. The van der Waals surface area contributed by atoms with Crippen LogP contribution < -0.4 is 10.1 Å². The minimum absolute atomic E-state index is 0.381. The number of hydrogen-bond acceptors (Lipinski definition) is 3. The van der Waals surface area contributed by atoms with E-state index in [-0.39, 0.29) is 0 Å². The summed E-state index contributed by atoms with van der Waals surface area (Å²) in [6.07, 6.45) is 0.378. The first-order valence-corrected chi connectivity index (χ1v) is 8.68. The minimum Gasteiger partial charge on any atom is -0.491 e. The van der Waals surface area contributed by atoms with Gasteiger partial charge in [-0.1, -0.05) is 29.8 Å². The molecule has 0 spiro atoms. The van der Waals surface area contributed by atoms with Gasteiger partial charge in [0.1, 0.15) is 18.0 Å². The maximum absolute atomic E-state index is 12.1. The number of ether oxygens (including phenoxy) is 2. The van der Waals surface area contributed by atoms with Gasteiger partial charge in [-0.2, -0.15) is 0 Å². The molecule has 0 aliphatic rings. The molecule has 0 heterocycles. The number of nitrogens with one attached hydrogen (secondary N) is 1. The Hall–Kier alpha value is -1.23. The summed E-state index contributed by atoms with van der Waals surface area (Å²) >= 11 is 3.40. The van der Waals surface area contributed by atoms with E-state index in [2.05, 4.69) is 35.1 Å².